The van der Waals surface area contributed by atoms with Gasteiger partial charge in [0.05, 0.1) is 18.9 Å². The molecule has 45 heavy (non-hydrogen) atoms. The van der Waals surface area contributed by atoms with Gasteiger partial charge in [0, 0.05) is 43.7 Å². The molecule has 0 spiro atoms. The molecule has 1 aromatic rings. The maximum absolute atomic E-state index is 12.1. The molecule has 3 aliphatic rings. The number of fused-ring (bicyclic) bond motifs is 2. The molecule has 7 atom stereocenters. The van der Waals surface area contributed by atoms with Gasteiger partial charge in [-0.2, -0.15) is 0 Å². The molecule has 2 aliphatic heterocycles. The van der Waals surface area contributed by atoms with Crippen molar-refractivity contribution < 1.29 is 58.2 Å². The molecule has 1 aromatic carbocycles. The molecule has 0 radical (unpaired) electrons. The second-order valence-electron chi connectivity index (χ2n) is 12.3. The van der Waals surface area contributed by atoms with Gasteiger partial charge in [-0.15, -0.1) is 0 Å². The lowest BCUT2D eigenvalue weighted by Crippen LogP contribution is -2.53. The Morgan fingerprint density at radius 2 is 1.58 bits per heavy atom. The fraction of sp³-hybridized carbons (Fsp3) is 0.656. The molecule has 4 rings (SSSR count). The number of carbonyl (C=O) groups is 5. The lowest BCUT2D eigenvalue weighted by Gasteiger charge is -2.47. The molecule has 0 amide bonds. The molecular formula is C32H43NO12. The highest BCUT2D eigenvalue weighted by Gasteiger charge is 2.50. The highest BCUT2D eigenvalue weighted by Crippen LogP contribution is 2.47. The summed E-state index contributed by atoms with van der Waals surface area (Å²) < 4.78 is 23.4. The van der Waals surface area contributed by atoms with Gasteiger partial charge in [-0.3, -0.25) is 28.9 Å². The number of piperidine rings is 1. The van der Waals surface area contributed by atoms with Crippen LogP contribution in [-0.2, 0) is 46.3 Å². The van der Waals surface area contributed by atoms with Gasteiger partial charge in [-0.1, -0.05) is 13.0 Å². The van der Waals surface area contributed by atoms with Crippen LogP contribution in [0.5, 0.6) is 11.5 Å². The molecule has 2 fully saturated rings. The number of rotatable bonds is 13. The summed E-state index contributed by atoms with van der Waals surface area (Å²) in [6, 6.07) is 3.89. The van der Waals surface area contributed by atoms with E-state index in [9.17, 15) is 39.3 Å². The highest BCUT2D eigenvalue weighted by atomic mass is 16.7. The summed E-state index contributed by atoms with van der Waals surface area (Å²) in [7, 11) is 0. The summed E-state index contributed by atoms with van der Waals surface area (Å²) in [5.41, 5.74) is 1.81. The number of esters is 2. The number of aliphatic carboxylic acids is 3. The molecule has 13 nitrogen and oxygen atoms in total. The first-order valence-electron chi connectivity index (χ1n) is 15.6. The fourth-order valence-corrected chi connectivity index (χ4v) is 7.43. The monoisotopic (exact) mass is 633 g/mol. The summed E-state index contributed by atoms with van der Waals surface area (Å²) >= 11 is 0. The average molecular weight is 634 g/mol. The van der Waals surface area contributed by atoms with Crippen LogP contribution in [0.1, 0.15) is 70.4 Å². The number of nitrogens with zero attached hydrogens (tertiary/aromatic N) is 1. The molecular weight excluding hydrogens is 590 g/mol. The van der Waals surface area contributed by atoms with Crippen molar-refractivity contribution in [3.8, 4) is 11.5 Å². The van der Waals surface area contributed by atoms with Crippen LogP contribution in [0.2, 0.25) is 0 Å². The number of carboxylic acid groups (broad SMARTS) is 3. The molecule has 2 heterocycles. The number of hydrogen-bond donors (Lipinski definition) is 3. The lowest BCUT2D eigenvalue weighted by atomic mass is 9.71. The van der Waals surface area contributed by atoms with E-state index in [0.717, 1.165) is 49.9 Å². The average Bonchev–Trinajstić information content (AvgIpc) is 2.94. The smallest absolute Gasteiger partial charge is 0.308 e. The Hall–Kier alpha value is -3.71. The molecule has 0 unspecified atom stereocenters. The summed E-state index contributed by atoms with van der Waals surface area (Å²) in [6.45, 7) is 6.21. The van der Waals surface area contributed by atoms with Crippen molar-refractivity contribution in [2.75, 3.05) is 19.7 Å². The number of ether oxygens (including phenoxy) is 4. The molecule has 3 N–H and O–H groups in total. The van der Waals surface area contributed by atoms with Gasteiger partial charge in [0.25, 0.3) is 0 Å². The van der Waals surface area contributed by atoms with Crippen LogP contribution in [0.4, 0.5) is 0 Å². The Morgan fingerprint density at radius 1 is 0.911 bits per heavy atom. The Morgan fingerprint density at radius 3 is 2.20 bits per heavy atom. The van der Waals surface area contributed by atoms with Gasteiger partial charge >= 0.3 is 29.8 Å². The van der Waals surface area contributed by atoms with E-state index in [1.54, 1.807) is 6.07 Å². The van der Waals surface area contributed by atoms with Crippen LogP contribution in [0.15, 0.2) is 12.1 Å². The van der Waals surface area contributed by atoms with Crippen molar-refractivity contribution in [2.45, 2.75) is 90.6 Å². The third-order valence-electron chi connectivity index (χ3n) is 9.17. The van der Waals surface area contributed by atoms with E-state index < -0.39 is 79.3 Å². The van der Waals surface area contributed by atoms with E-state index in [-0.39, 0.29) is 18.1 Å². The zero-order valence-electron chi connectivity index (χ0n) is 25.9. The summed E-state index contributed by atoms with van der Waals surface area (Å²) in [4.78, 5) is 62.3. The van der Waals surface area contributed by atoms with Gasteiger partial charge in [-0.25, -0.2) is 0 Å². The molecule has 248 valence electrons. The number of carboxylic acids is 3. The molecule has 0 aromatic heterocycles. The van der Waals surface area contributed by atoms with E-state index in [2.05, 4.69) is 11.8 Å². The van der Waals surface area contributed by atoms with Crippen molar-refractivity contribution in [3.63, 3.8) is 0 Å². The van der Waals surface area contributed by atoms with Crippen LogP contribution < -0.4 is 9.47 Å². The summed E-state index contributed by atoms with van der Waals surface area (Å²) in [5.74, 6) is -7.45. The summed E-state index contributed by atoms with van der Waals surface area (Å²) in [6.07, 6.45) is 0.301. The van der Waals surface area contributed by atoms with Crippen molar-refractivity contribution in [2.24, 2.45) is 23.7 Å². The molecule has 13 heteroatoms. The third kappa shape index (κ3) is 8.51. The van der Waals surface area contributed by atoms with E-state index in [1.165, 1.54) is 13.8 Å². The van der Waals surface area contributed by atoms with Gasteiger partial charge in [0.1, 0.15) is 6.61 Å². The van der Waals surface area contributed by atoms with Crippen molar-refractivity contribution >= 4 is 29.8 Å². The first-order valence-corrected chi connectivity index (χ1v) is 15.6. The first-order chi connectivity index (χ1) is 21.4. The number of hydrogen-bond acceptors (Lipinski definition) is 10. The van der Waals surface area contributed by atoms with Crippen molar-refractivity contribution in [1.82, 2.24) is 4.90 Å². The SMILES string of the molecule is CCCN1CCC[C@@H]2Cc3c(ccc(OC(C)=O)c3O[C@@H]3O[C@@H](COC(C)=O)[C@H](CC(=O)O)[C@H](CC(=O)O)[C@H]3CC(=O)O)C[C@H]21. The van der Waals surface area contributed by atoms with Crippen molar-refractivity contribution in [3.05, 3.63) is 23.3 Å². The minimum atomic E-state index is -1.38. The van der Waals surface area contributed by atoms with Crippen LogP contribution in [-0.4, -0.2) is 88.2 Å². The normalized spacial score (nSPS) is 27.8. The third-order valence-corrected chi connectivity index (χ3v) is 9.17. The van der Waals surface area contributed by atoms with Gasteiger partial charge in [-0.05, 0) is 68.7 Å². The maximum Gasteiger partial charge on any atom is 0.308 e. The van der Waals surface area contributed by atoms with E-state index in [4.69, 9.17) is 18.9 Å². The Labute approximate surface area is 261 Å². The van der Waals surface area contributed by atoms with Crippen LogP contribution in [0.3, 0.4) is 0 Å². The number of carbonyl (C=O) groups excluding carboxylic acids is 2. The van der Waals surface area contributed by atoms with Crippen molar-refractivity contribution in [1.29, 1.82) is 0 Å². The maximum atomic E-state index is 12.1. The Kier molecular flexibility index (Phi) is 11.4. The molecule has 0 bridgehead atoms. The van der Waals surface area contributed by atoms with E-state index in [0.29, 0.717) is 18.4 Å². The van der Waals surface area contributed by atoms with E-state index >= 15 is 0 Å². The second-order valence-corrected chi connectivity index (χ2v) is 12.3. The Balaban J connectivity index is 1.78. The van der Waals surface area contributed by atoms with Crippen LogP contribution in [0.25, 0.3) is 0 Å². The van der Waals surface area contributed by atoms with E-state index in [1.807, 2.05) is 6.07 Å². The topological polar surface area (TPSA) is 186 Å². The standard InChI is InChI=1S/C32H43NO12/c1-4-9-33-10-5-6-20-11-21-19(12-25(20)33)7-8-26(43-18(3)35)31(21)45-32-24(15-30(40)41)22(13-28(36)37)23(14-29(38)39)27(44-32)16-42-17(2)34/h7-8,20,22-25,27,32H,4-6,9-16H2,1-3H3,(H,36,37)(H,38,39)(H,40,41)/t20-,22+,23-,24-,25-,27+,32+/m1/s1. The van der Waals surface area contributed by atoms with Crippen LogP contribution in [0, 0.1) is 23.7 Å². The molecule has 0 saturated carbocycles. The fourth-order valence-electron chi connectivity index (χ4n) is 7.43. The largest absolute Gasteiger partial charge is 0.481 e. The Bertz CT molecular complexity index is 1280. The van der Waals surface area contributed by atoms with Crippen LogP contribution >= 0.6 is 0 Å². The number of likely N-dealkylation sites (tertiary alicyclic amines) is 1. The zero-order valence-corrected chi connectivity index (χ0v) is 25.9. The molecule has 1 aliphatic carbocycles. The summed E-state index contributed by atoms with van der Waals surface area (Å²) in [5, 5.41) is 29.3. The minimum absolute atomic E-state index is 0.123. The quantitative estimate of drug-likeness (QED) is 0.213. The predicted molar refractivity (Wildman–Crippen MR) is 157 cm³/mol. The minimum Gasteiger partial charge on any atom is -0.481 e. The lowest BCUT2D eigenvalue weighted by molar-refractivity contribution is -0.237. The number of benzene rings is 1. The highest BCUT2D eigenvalue weighted by molar-refractivity contribution is 5.72. The molecule has 2 saturated heterocycles. The first kappa shape index (κ1) is 34.2. The van der Waals surface area contributed by atoms with Gasteiger partial charge < -0.3 is 34.3 Å². The van der Waals surface area contributed by atoms with Gasteiger partial charge in [0.15, 0.2) is 11.5 Å². The van der Waals surface area contributed by atoms with Gasteiger partial charge in [0.2, 0.25) is 6.29 Å². The second kappa shape index (κ2) is 15.0. The predicted octanol–water partition coefficient (Wildman–Crippen LogP) is 3.14. The zero-order chi connectivity index (χ0) is 32.8.